The van der Waals surface area contributed by atoms with Crippen LogP contribution in [0.4, 0.5) is 11.4 Å². The lowest BCUT2D eigenvalue weighted by atomic mass is 10.1. The van der Waals surface area contributed by atoms with Gasteiger partial charge in [0.1, 0.15) is 5.69 Å². The molecule has 1 saturated heterocycles. The molecule has 0 spiro atoms. The molecule has 1 aromatic carbocycles. The molecule has 0 atom stereocenters. The fourth-order valence-electron chi connectivity index (χ4n) is 2.12. The van der Waals surface area contributed by atoms with Gasteiger partial charge < -0.3 is 14.7 Å². The van der Waals surface area contributed by atoms with Crippen molar-refractivity contribution in [3.8, 4) is 0 Å². The minimum absolute atomic E-state index is 0.0382. The van der Waals surface area contributed by atoms with E-state index in [2.05, 4.69) is 0 Å². The number of carbonyl (C=O) groups is 1. The number of carboxylic acids is 1. The van der Waals surface area contributed by atoms with Crippen molar-refractivity contribution >= 4 is 17.3 Å². The first-order valence-electron chi connectivity index (χ1n) is 5.85. The lowest BCUT2D eigenvalue weighted by molar-refractivity contribution is -0.384. The Hall–Kier alpha value is -2.15. The number of rotatable bonds is 3. The average molecular weight is 266 g/mol. The van der Waals surface area contributed by atoms with E-state index in [1.807, 2.05) is 4.90 Å². The molecule has 19 heavy (non-hydrogen) atoms. The summed E-state index contributed by atoms with van der Waals surface area (Å²) in [5.74, 6) is -1.16. The number of carboxylic acid groups (broad SMARTS) is 1. The lowest BCUT2D eigenvalue weighted by Gasteiger charge is -2.28. The molecule has 7 nitrogen and oxygen atoms in total. The maximum Gasteiger partial charge on any atom is 0.336 e. The summed E-state index contributed by atoms with van der Waals surface area (Å²) >= 11 is 0. The van der Waals surface area contributed by atoms with E-state index >= 15 is 0 Å². The number of nitro groups is 1. The predicted molar refractivity (Wildman–Crippen MR) is 67.8 cm³/mol. The summed E-state index contributed by atoms with van der Waals surface area (Å²) in [6.45, 7) is 3.78. The minimum Gasteiger partial charge on any atom is -0.478 e. The molecule has 0 saturated carbocycles. The highest BCUT2D eigenvalue weighted by atomic mass is 16.6. The number of hydrogen-bond donors (Lipinski definition) is 1. The van der Waals surface area contributed by atoms with Crippen LogP contribution in [0.5, 0.6) is 0 Å². The molecule has 1 aromatic rings. The third-order valence-electron chi connectivity index (χ3n) is 3.10. The van der Waals surface area contributed by atoms with E-state index in [-0.39, 0.29) is 11.3 Å². The monoisotopic (exact) mass is 266 g/mol. The Morgan fingerprint density at radius 2 is 2.05 bits per heavy atom. The highest BCUT2D eigenvalue weighted by Gasteiger charge is 2.24. The Bertz CT molecular complexity index is 523. The molecule has 7 heteroatoms. The fraction of sp³-hybridized carbons (Fsp3) is 0.417. The van der Waals surface area contributed by atoms with Crippen molar-refractivity contribution in [1.29, 1.82) is 0 Å². The van der Waals surface area contributed by atoms with Gasteiger partial charge in [0.15, 0.2) is 0 Å². The van der Waals surface area contributed by atoms with Gasteiger partial charge in [-0.25, -0.2) is 4.79 Å². The van der Waals surface area contributed by atoms with E-state index in [0.717, 1.165) is 6.07 Å². The normalized spacial score (nSPS) is 15.3. The van der Waals surface area contributed by atoms with E-state index in [9.17, 15) is 14.9 Å². The first-order chi connectivity index (χ1) is 9.00. The van der Waals surface area contributed by atoms with Gasteiger partial charge in [-0.05, 0) is 18.6 Å². The molecule has 0 aromatic heterocycles. The second kappa shape index (κ2) is 5.23. The van der Waals surface area contributed by atoms with Gasteiger partial charge in [0, 0.05) is 19.2 Å². The van der Waals surface area contributed by atoms with Crippen LogP contribution in [0.1, 0.15) is 15.9 Å². The van der Waals surface area contributed by atoms with Crippen LogP contribution < -0.4 is 4.90 Å². The molecule has 0 aliphatic carbocycles. The highest BCUT2D eigenvalue weighted by Crippen LogP contribution is 2.32. The molecule has 2 rings (SSSR count). The summed E-state index contributed by atoms with van der Waals surface area (Å²) < 4.78 is 5.21. The Kier molecular flexibility index (Phi) is 3.66. The molecule has 0 bridgehead atoms. The van der Waals surface area contributed by atoms with Crippen molar-refractivity contribution in [3.05, 3.63) is 33.4 Å². The zero-order valence-corrected chi connectivity index (χ0v) is 10.5. The summed E-state index contributed by atoms with van der Waals surface area (Å²) in [5.41, 5.74) is 0.754. The van der Waals surface area contributed by atoms with Crippen molar-refractivity contribution in [1.82, 2.24) is 0 Å². The average Bonchev–Trinajstić information content (AvgIpc) is 2.38. The molecular formula is C12H14N2O5. The van der Waals surface area contributed by atoms with Gasteiger partial charge in [-0.1, -0.05) is 0 Å². The van der Waals surface area contributed by atoms with Crippen LogP contribution >= 0.6 is 0 Å². The SMILES string of the molecule is Cc1cc(N2CCOCC2)c([N+](=O)[O-])cc1C(=O)O. The molecule has 0 radical (unpaired) electrons. The molecular weight excluding hydrogens is 252 g/mol. The summed E-state index contributed by atoms with van der Waals surface area (Å²) in [4.78, 5) is 23.4. The van der Waals surface area contributed by atoms with Crippen molar-refractivity contribution in [3.63, 3.8) is 0 Å². The van der Waals surface area contributed by atoms with E-state index in [4.69, 9.17) is 9.84 Å². The second-order valence-electron chi connectivity index (χ2n) is 4.32. The largest absolute Gasteiger partial charge is 0.478 e. The molecule has 0 unspecified atom stereocenters. The Labute approximate surface area is 109 Å². The van der Waals surface area contributed by atoms with Gasteiger partial charge >= 0.3 is 5.97 Å². The van der Waals surface area contributed by atoms with Gasteiger partial charge in [-0.3, -0.25) is 10.1 Å². The van der Waals surface area contributed by atoms with E-state index < -0.39 is 10.9 Å². The molecule has 1 aliphatic rings. The number of aryl methyl sites for hydroxylation is 1. The van der Waals surface area contributed by atoms with Crippen molar-refractivity contribution in [2.45, 2.75) is 6.92 Å². The Balaban J connectivity index is 2.49. The predicted octanol–water partition coefficient (Wildman–Crippen LogP) is 1.44. The number of hydrogen-bond acceptors (Lipinski definition) is 5. The number of nitrogens with zero attached hydrogens (tertiary/aromatic N) is 2. The van der Waals surface area contributed by atoms with Gasteiger partial charge in [0.2, 0.25) is 0 Å². The topological polar surface area (TPSA) is 92.9 Å². The van der Waals surface area contributed by atoms with E-state index in [0.29, 0.717) is 37.6 Å². The zero-order valence-electron chi connectivity index (χ0n) is 10.5. The highest BCUT2D eigenvalue weighted by molar-refractivity contribution is 5.91. The van der Waals surface area contributed by atoms with Crippen molar-refractivity contribution < 1.29 is 19.6 Å². The first kappa shape index (κ1) is 13.3. The van der Waals surface area contributed by atoms with Crippen LogP contribution in [-0.4, -0.2) is 42.3 Å². The minimum atomic E-state index is -1.16. The van der Waals surface area contributed by atoms with Crippen molar-refractivity contribution in [2.24, 2.45) is 0 Å². The van der Waals surface area contributed by atoms with Crippen LogP contribution in [0.3, 0.4) is 0 Å². The Morgan fingerprint density at radius 1 is 1.42 bits per heavy atom. The van der Waals surface area contributed by atoms with E-state index in [1.165, 1.54) is 0 Å². The van der Waals surface area contributed by atoms with E-state index in [1.54, 1.807) is 13.0 Å². The van der Waals surface area contributed by atoms with Gasteiger partial charge in [-0.15, -0.1) is 0 Å². The number of aromatic carboxylic acids is 1. The number of ether oxygens (including phenoxy) is 1. The maximum absolute atomic E-state index is 11.1. The number of benzene rings is 1. The summed E-state index contributed by atoms with van der Waals surface area (Å²) in [7, 11) is 0. The van der Waals surface area contributed by atoms with Gasteiger partial charge in [-0.2, -0.15) is 0 Å². The number of nitro benzene ring substituents is 1. The molecule has 1 fully saturated rings. The summed E-state index contributed by atoms with van der Waals surface area (Å²) in [5, 5.41) is 20.1. The fourth-order valence-corrected chi connectivity index (χ4v) is 2.12. The first-order valence-corrected chi connectivity index (χ1v) is 5.85. The van der Waals surface area contributed by atoms with Gasteiger partial charge in [0.05, 0.1) is 23.7 Å². The molecule has 102 valence electrons. The second-order valence-corrected chi connectivity index (χ2v) is 4.32. The van der Waals surface area contributed by atoms with Crippen LogP contribution in [0.2, 0.25) is 0 Å². The third kappa shape index (κ3) is 2.65. The smallest absolute Gasteiger partial charge is 0.336 e. The molecule has 1 aliphatic heterocycles. The van der Waals surface area contributed by atoms with Crippen molar-refractivity contribution in [2.75, 3.05) is 31.2 Å². The number of morpholine rings is 1. The standard InChI is InChI=1S/C12H14N2O5/c1-8-6-10(13-2-4-19-5-3-13)11(14(17)18)7-9(8)12(15)16/h6-7H,2-5H2,1H3,(H,15,16). The zero-order chi connectivity index (χ0) is 14.0. The lowest BCUT2D eigenvalue weighted by Crippen LogP contribution is -2.36. The molecule has 0 amide bonds. The molecule has 1 N–H and O–H groups in total. The maximum atomic E-state index is 11.1. The summed E-state index contributed by atoms with van der Waals surface area (Å²) in [6, 6.07) is 2.69. The van der Waals surface area contributed by atoms with Crippen LogP contribution in [-0.2, 0) is 4.74 Å². The quantitative estimate of drug-likeness (QED) is 0.657. The third-order valence-corrected chi connectivity index (χ3v) is 3.10. The van der Waals surface area contributed by atoms with Crippen LogP contribution in [0.25, 0.3) is 0 Å². The van der Waals surface area contributed by atoms with Gasteiger partial charge in [0.25, 0.3) is 5.69 Å². The Morgan fingerprint density at radius 3 is 2.58 bits per heavy atom. The van der Waals surface area contributed by atoms with Crippen LogP contribution in [0.15, 0.2) is 12.1 Å². The molecule has 1 heterocycles. The summed E-state index contributed by atoms with van der Waals surface area (Å²) in [6.07, 6.45) is 0. The number of anilines is 1. The van der Waals surface area contributed by atoms with Crippen LogP contribution in [0, 0.1) is 17.0 Å².